The first-order chi connectivity index (χ1) is 8.56. The predicted octanol–water partition coefficient (Wildman–Crippen LogP) is 2.36. The Morgan fingerprint density at radius 3 is 2.72 bits per heavy atom. The van der Waals surface area contributed by atoms with Crippen molar-refractivity contribution in [3.05, 3.63) is 53.6 Å². The van der Waals surface area contributed by atoms with Gasteiger partial charge in [-0.25, -0.2) is 9.37 Å². The lowest BCUT2D eigenvalue weighted by Crippen LogP contribution is -2.13. The number of amides is 1. The number of halogens is 1. The van der Waals surface area contributed by atoms with Gasteiger partial charge in [0.1, 0.15) is 11.5 Å². The van der Waals surface area contributed by atoms with E-state index in [-0.39, 0.29) is 17.4 Å². The molecule has 5 heteroatoms. The van der Waals surface area contributed by atoms with Gasteiger partial charge < -0.3 is 11.1 Å². The fourth-order valence-electron chi connectivity index (χ4n) is 1.46. The smallest absolute Gasteiger partial charge is 0.274 e. The van der Waals surface area contributed by atoms with Crippen molar-refractivity contribution in [3.8, 4) is 0 Å². The first kappa shape index (κ1) is 12.0. The molecular weight excluding hydrogens is 233 g/mol. The van der Waals surface area contributed by atoms with Gasteiger partial charge in [0.2, 0.25) is 0 Å². The fourth-order valence-corrected chi connectivity index (χ4v) is 1.46. The van der Waals surface area contributed by atoms with Crippen LogP contribution in [-0.4, -0.2) is 10.9 Å². The molecule has 0 radical (unpaired) electrons. The highest BCUT2D eigenvalue weighted by molar-refractivity contribution is 6.02. The first-order valence-electron chi connectivity index (χ1n) is 5.35. The summed E-state index contributed by atoms with van der Waals surface area (Å²) >= 11 is 0. The van der Waals surface area contributed by atoms with E-state index in [0.29, 0.717) is 16.9 Å². The second-order valence-corrected chi connectivity index (χ2v) is 3.89. The number of nitrogens with two attached hydrogens (primary N) is 1. The number of nitrogens with zero attached hydrogens (tertiary/aromatic N) is 1. The van der Waals surface area contributed by atoms with E-state index in [1.807, 2.05) is 0 Å². The summed E-state index contributed by atoms with van der Waals surface area (Å²) in [6.07, 6.45) is 1.41. The van der Waals surface area contributed by atoms with Gasteiger partial charge in [0.05, 0.1) is 11.9 Å². The molecule has 92 valence electrons. The van der Waals surface area contributed by atoms with E-state index in [9.17, 15) is 9.18 Å². The van der Waals surface area contributed by atoms with Gasteiger partial charge in [0.15, 0.2) is 0 Å². The molecule has 1 aromatic carbocycles. The Labute approximate surface area is 104 Å². The molecule has 0 aliphatic heterocycles. The zero-order valence-corrected chi connectivity index (χ0v) is 9.77. The third-order valence-corrected chi connectivity index (χ3v) is 2.43. The van der Waals surface area contributed by atoms with Crippen LogP contribution in [0.25, 0.3) is 0 Å². The quantitative estimate of drug-likeness (QED) is 0.853. The number of carbonyl (C=O) groups excluding carboxylic acids is 1. The molecule has 1 amide bonds. The monoisotopic (exact) mass is 245 g/mol. The molecular formula is C13H12FN3O. The maximum Gasteiger partial charge on any atom is 0.274 e. The highest BCUT2D eigenvalue weighted by Gasteiger charge is 2.08. The number of pyridine rings is 1. The van der Waals surface area contributed by atoms with Crippen LogP contribution in [0.15, 0.2) is 36.5 Å². The summed E-state index contributed by atoms with van der Waals surface area (Å²) in [5, 5.41) is 2.64. The predicted molar refractivity (Wildman–Crippen MR) is 67.7 cm³/mol. The molecule has 0 atom stereocenters. The topological polar surface area (TPSA) is 68.0 Å². The molecule has 18 heavy (non-hydrogen) atoms. The lowest BCUT2D eigenvalue weighted by molar-refractivity contribution is 0.102. The van der Waals surface area contributed by atoms with Crippen molar-refractivity contribution in [2.75, 3.05) is 11.1 Å². The minimum absolute atomic E-state index is 0.256. The van der Waals surface area contributed by atoms with Crippen molar-refractivity contribution < 1.29 is 9.18 Å². The molecule has 4 nitrogen and oxygen atoms in total. The largest absolute Gasteiger partial charge is 0.397 e. The number of hydrogen-bond donors (Lipinski definition) is 2. The van der Waals surface area contributed by atoms with Crippen molar-refractivity contribution in [1.82, 2.24) is 4.98 Å². The Bertz CT molecular complexity index is 581. The fraction of sp³-hybridized carbons (Fsp3) is 0.0769. The average molecular weight is 245 g/mol. The zero-order valence-electron chi connectivity index (χ0n) is 9.77. The Morgan fingerprint density at radius 2 is 2.11 bits per heavy atom. The molecule has 2 aromatic rings. The highest BCUT2D eigenvalue weighted by Crippen LogP contribution is 2.14. The van der Waals surface area contributed by atoms with Gasteiger partial charge in [-0.1, -0.05) is 0 Å². The molecule has 0 spiro atoms. The number of hydrogen-bond acceptors (Lipinski definition) is 3. The number of nitrogen functional groups attached to an aromatic ring is 1. The van der Waals surface area contributed by atoms with Gasteiger partial charge in [0, 0.05) is 5.69 Å². The second kappa shape index (κ2) is 4.83. The molecule has 2 rings (SSSR count). The molecule has 0 unspecified atom stereocenters. The number of anilines is 2. The summed E-state index contributed by atoms with van der Waals surface area (Å²) in [4.78, 5) is 15.7. The minimum atomic E-state index is -0.360. The summed E-state index contributed by atoms with van der Waals surface area (Å²) < 4.78 is 13.1. The van der Waals surface area contributed by atoms with Gasteiger partial charge in [-0.3, -0.25) is 4.79 Å². The SMILES string of the molecule is Cc1cc(NC(=O)c2ccc(N)cn2)ccc1F. The van der Waals surface area contributed by atoms with Crippen molar-refractivity contribution in [2.45, 2.75) is 6.92 Å². The number of aromatic nitrogens is 1. The minimum Gasteiger partial charge on any atom is -0.397 e. The zero-order chi connectivity index (χ0) is 13.1. The van der Waals surface area contributed by atoms with Crippen molar-refractivity contribution in [1.29, 1.82) is 0 Å². The molecule has 3 N–H and O–H groups in total. The van der Waals surface area contributed by atoms with E-state index in [0.717, 1.165) is 0 Å². The second-order valence-electron chi connectivity index (χ2n) is 3.89. The Morgan fingerprint density at radius 1 is 1.33 bits per heavy atom. The summed E-state index contributed by atoms with van der Waals surface area (Å²) in [6.45, 7) is 1.63. The Hall–Kier alpha value is -2.43. The summed E-state index contributed by atoms with van der Waals surface area (Å²) in [5.74, 6) is -0.667. The maximum absolute atomic E-state index is 13.1. The van der Waals surface area contributed by atoms with Crippen molar-refractivity contribution in [2.24, 2.45) is 0 Å². The molecule has 0 saturated heterocycles. The van der Waals surface area contributed by atoms with Gasteiger partial charge >= 0.3 is 0 Å². The third kappa shape index (κ3) is 2.63. The van der Waals surface area contributed by atoms with Crippen LogP contribution >= 0.6 is 0 Å². The van der Waals surface area contributed by atoms with Crippen LogP contribution in [0.3, 0.4) is 0 Å². The molecule has 0 fully saturated rings. The number of benzene rings is 1. The van der Waals surface area contributed by atoms with Gasteiger partial charge in [-0.2, -0.15) is 0 Å². The van der Waals surface area contributed by atoms with Crippen molar-refractivity contribution >= 4 is 17.3 Å². The summed E-state index contributed by atoms with van der Waals surface area (Å²) in [5.41, 5.74) is 7.22. The first-order valence-corrected chi connectivity index (χ1v) is 5.35. The van der Waals surface area contributed by atoms with Crippen LogP contribution in [0.5, 0.6) is 0 Å². The van der Waals surface area contributed by atoms with E-state index in [2.05, 4.69) is 10.3 Å². The van der Waals surface area contributed by atoms with Gasteiger partial charge in [-0.05, 0) is 42.8 Å². The maximum atomic E-state index is 13.1. The number of nitrogens with one attached hydrogen (secondary N) is 1. The lowest BCUT2D eigenvalue weighted by atomic mass is 10.2. The molecule has 1 heterocycles. The molecule has 0 aliphatic rings. The van der Waals surface area contributed by atoms with Crippen LogP contribution in [0.1, 0.15) is 16.1 Å². The van der Waals surface area contributed by atoms with E-state index in [1.54, 1.807) is 19.1 Å². The van der Waals surface area contributed by atoms with Crippen molar-refractivity contribution in [3.63, 3.8) is 0 Å². The summed E-state index contributed by atoms with van der Waals surface area (Å²) in [7, 11) is 0. The molecule has 0 bridgehead atoms. The molecule has 0 saturated carbocycles. The van der Waals surface area contributed by atoms with Crippen LogP contribution < -0.4 is 11.1 Å². The van der Waals surface area contributed by atoms with Crippen LogP contribution in [-0.2, 0) is 0 Å². The van der Waals surface area contributed by atoms with E-state index >= 15 is 0 Å². The van der Waals surface area contributed by atoms with E-state index in [1.165, 1.54) is 24.4 Å². The third-order valence-electron chi connectivity index (χ3n) is 2.43. The lowest BCUT2D eigenvalue weighted by Gasteiger charge is -2.06. The number of aryl methyl sites for hydroxylation is 1. The molecule has 1 aromatic heterocycles. The standard InChI is InChI=1S/C13H12FN3O/c1-8-6-10(3-4-11(8)14)17-13(18)12-5-2-9(15)7-16-12/h2-7H,15H2,1H3,(H,17,18). The number of carbonyl (C=O) groups is 1. The van der Waals surface area contributed by atoms with Crippen LogP contribution in [0, 0.1) is 12.7 Å². The van der Waals surface area contributed by atoms with Gasteiger partial charge in [-0.15, -0.1) is 0 Å². The van der Waals surface area contributed by atoms with E-state index in [4.69, 9.17) is 5.73 Å². The normalized spacial score (nSPS) is 10.1. The Kier molecular flexibility index (Phi) is 3.23. The van der Waals surface area contributed by atoms with Gasteiger partial charge in [0.25, 0.3) is 5.91 Å². The molecule has 0 aliphatic carbocycles. The van der Waals surface area contributed by atoms with Crippen LogP contribution in [0.4, 0.5) is 15.8 Å². The van der Waals surface area contributed by atoms with Crippen LogP contribution in [0.2, 0.25) is 0 Å². The van der Waals surface area contributed by atoms with E-state index < -0.39 is 0 Å². The number of rotatable bonds is 2. The summed E-state index contributed by atoms with van der Waals surface area (Å²) in [6, 6.07) is 7.49. The highest BCUT2D eigenvalue weighted by atomic mass is 19.1. The average Bonchev–Trinajstić information content (AvgIpc) is 2.34. The Balaban J connectivity index is 2.16.